The van der Waals surface area contributed by atoms with Gasteiger partial charge in [0.05, 0.1) is 16.7 Å². The van der Waals surface area contributed by atoms with E-state index >= 15 is 0 Å². The lowest BCUT2D eigenvalue weighted by Gasteiger charge is -2.45. The lowest BCUT2D eigenvalue weighted by molar-refractivity contribution is -0.0949. The van der Waals surface area contributed by atoms with Crippen molar-refractivity contribution in [2.45, 2.75) is 18.3 Å². The van der Waals surface area contributed by atoms with E-state index < -0.39 is 5.85 Å². The summed E-state index contributed by atoms with van der Waals surface area (Å²) in [5, 5.41) is 9.86. The number of fused-ring (bicyclic) bond motifs is 4. The standard InChI is InChI=1S/C25H18BrN3O2S/c26-18-12-10-16(11-13-18)14-23-25(27-24(30)32-23)29-21(19-8-4-5-9-22(19)31-25)15-20(28-29)17-6-2-1-3-7-17/h1-14,21H,15H2,(H,27,30)/b23-14-/t21-,25+/m0/s1. The van der Waals surface area contributed by atoms with Crippen molar-refractivity contribution in [2.75, 3.05) is 0 Å². The van der Waals surface area contributed by atoms with Crippen LogP contribution in [0.15, 0.2) is 93.3 Å². The predicted molar refractivity (Wildman–Crippen MR) is 130 cm³/mol. The summed E-state index contributed by atoms with van der Waals surface area (Å²) in [6.45, 7) is 0. The third kappa shape index (κ3) is 3.15. The van der Waals surface area contributed by atoms with Gasteiger partial charge in [0.25, 0.3) is 5.24 Å². The van der Waals surface area contributed by atoms with Crippen LogP contribution in [0, 0.1) is 0 Å². The largest absolute Gasteiger partial charge is 0.444 e. The highest BCUT2D eigenvalue weighted by atomic mass is 79.9. The van der Waals surface area contributed by atoms with Crippen LogP contribution in [0.1, 0.15) is 29.2 Å². The lowest BCUT2D eigenvalue weighted by atomic mass is 9.95. The van der Waals surface area contributed by atoms with Gasteiger partial charge in [-0.15, -0.1) is 0 Å². The van der Waals surface area contributed by atoms with Gasteiger partial charge in [-0.05, 0) is 47.2 Å². The summed E-state index contributed by atoms with van der Waals surface area (Å²) in [6, 6.07) is 26.1. The van der Waals surface area contributed by atoms with Crippen LogP contribution in [0.3, 0.4) is 0 Å². The average molecular weight is 504 g/mol. The zero-order chi connectivity index (χ0) is 21.7. The monoisotopic (exact) mass is 503 g/mol. The van der Waals surface area contributed by atoms with E-state index in [2.05, 4.69) is 39.4 Å². The number of benzene rings is 3. The molecule has 3 aromatic rings. The van der Waals surface area contributed by atoms with Gasteiger partial charge in [-0.25, -0.2) is 5.01 Å². The first-order valence-corrected chi connectivity index (χ1v) is 11.9. The van der Waals surface area contributed by atoms with Crippen LogP contribution in [-0.2, 0) is 0 Å². The maximum absolute atomic E-state index is 12.7. The van der Waals surface area contributed by atoms with Crippen LogP contribution in [0.5, 0.6) is 5.75 Å². The summed E-state index contributed by atoms with van der Waals surface area (Å²) in [6.07, 6.45) is 2.73. The molecule has 7 heteroatoms. The van der Waals surface area contributed by atoms with E-state index in [4.69, 9.17) is 9.84 Å². The maximum Gasteiger partial charge on any atom is 0.314 e. The van der Waals surface area contributed by atoms with Crippen molar-refractivity contribution in [3.63, 3.8) is 0 Å². The molecular formula is C25H18BrN3O2S. The Kier molecular flexibility index (Phi) is 4.62. The van der Waals surface area contributed by atoms with Crippen molar-refractivity contribution in [1.29, 1.82) is 0 Å². The second-order valence-electron chi connectivity index (χ2n) is 7.84. The number of rotatable bonds is 2. The number of nitrogens with zero attached hydrogens (tertiary/aromatic N) is 2. The van der Waals surface area contributed by atoms with Gasteiger partial charge in [-0.3, -0.25) is 10.1 Å². The number of hydrogen-bond donors (Lipinski definition) is 1. The Bertz CT molecular complexity index is 1280. The Hall–Kier alpha value is -3.03. The predicted octanol–water partition coefficient (Wildman–Crippen LogP) is 6.14. The molecule has 0 aromatic heterocycles. The molecular weight excluding hydrogens is 486 g/mol. The number of nitrogens with one attached hydrogen (secondary N) is 1. The van der Waals surface area contributed by atoms with E-state index in [1.54, 1.807) is 0 Å². The summed E-state index contributed by atoms with van der Waals surface area (Å²) in [4.78, 5) is 13.4. The van der Waals surface area contributed by atoms with E-state index in [1.807, 2.05) is 71.7 Å². The molecule has 3 aliphatic heterocycles. The number of hydrazone groups is 1. The van der Waals surface area contributed by atoms with Crippen LogP contribution in [0.4, 0.5) is 4.79 Å². The average Bonchev–Trinajstić information content (AvgIpc) is 3.39. The normalized spacial score (nSPS) is 24.7. The van der Waals surface area contributed by atoms with Crippen molar-refractivity contribution < 1.29 is 9.53 Å². The molecule has 3 aromatic carbocycles. The molecule has 5 nitrogen and oxygen atoms in total. The van der Waals surface area contributed by atoms with Gasteiger partial charge in [0.1, 0.15) is 5.75 Å². The Labute approximate surface area is 198 Å². The van der Waals surface area contributed by atoms with Crippen molar-refractivity contribution in [1.82, 2.24) is 10.3 Å². The fourth-order valence-electron chi connectivity index (χ4n) is 4.38. The zero-order valence-electron chi connectivity index (χ0n) is 16.9. The van der Waals surface area contributed by atoms with Gasteiger partial charge in [-0.2, -0.15) is 5.10 Å². The zero-order valence-corrected chi connectivity index (χ0v) is 19.3. The van der Waals surface area contributed by atoms with Crippen LogP contribution in [0.25, 0.3) is 6.08 Å². The van der Waals surface area contributed by atoms with Gasteiger partial charge >= 0.3 is 5.85 Å². The number of para-hydroxylation sites is 1. The number of ether oxygens (including phenoxy) is 1. The third-order valence-electron chi connectivity index (χ3n) is 5.85. The van der Waals surface area contributed by atoms with Crippen molar-refractivity contribution >= 4 is 44.7 Å². The Morgan fingerprint density at radius 2 is 1.81 bits per heavy atom. The third-order valence-corrected chi connectivity index (χ3v) is 7.28. The Balaban J connectivity index is 1.51. The Morgan fingerprint density at radius 1 is 1.06 bits per heavy atom. The summed E-state index contributed by atoms with van der Waals surface area (Å²) >= 11 is 4.63. The molecule has 3 heterocycles. The maximum atomic E-state index is 12.7. The second-order valence-corrected chi connectivity index (χ2v) is 9.77. The molecule has 1 N–H and O–H groups in total. The van der Waals surface area contributed by atoms with E-state index in [1.165, 1.54) is 0 Å². The first-order chi connectivity index (χ1) is 15.6. The smallest absolute Gasteiger partial charge is 0.314 e. The molecule has 0 bridgehead atoms. The minimum Gasteiger partial charge on any atom is -0.444 e. The fraction of sp³-hybridized carbons (Fsp3) is 0.120. The van der Waals surface area contributed by atoms with Crippen LogP contribution >= 0.6 is 27.7 Å². The summed E-state index contributed by atoms with van der Waals surface area (Å²) in [5.74, 6) is -0.410. The fourth-order valence-corrected chi connectivity index (χ4v) is 5.55. The highest BCUT2D eigenvalue weighted by Gasteiger charge is 2.58. The summed E-state index contributed by atoms with van der Waals surface area (Å²) in [5.41, 5.74) is 4.10. The highest BCUT2D eigenvalue weighted by Crippen LogP contribution is 2.52. The van der Waals surface area contributed by atoms with Crippen molar-refractivity contribution in [2.24, 2.45) is 5.10 Å². The van der Waals surface area contributed by atoms with Crippen molar-refractivity contribution in [3.8, 4) is 5.75 Å². The molecule has 158 valence electrons. The number of hydrogen-bond acceptors (Lipinski definition) is 5. The second kappa shape index (κ2) is 7.53. The minimum absolute atomic E-state index is 0.0394. The van der Waals surface area contributed by atoms with E-state index in [0.717, 1.165) is 55.7 Å². The van der Waals surface area contributed by atoms with Gasteiger partial charge in [-0.1, -0.05) is 76.6 Å². The van der Waals surface area contributed by atoms with E-state index in [0.29, 0.717) is 0 Å². The summed E-state index contributed by atoms with van der Waals surface area (Å²) in [7, 11) is 0. The molecule has 1 spiro atoms. The van der Waals surface area contributed by atoms with Crippen LogP contribution in [0.2, 0.25) is 0 Å². The molecule has 0 radical (unpaired) electrons. The van der Waals surface area contributed by atoms with Gasteiger partial charge in [0, 0.05) is 16.5 Å². The molecule has 6 rings (SSSR count). The van der Waals surface area contributed by atoms with Crippen LogP contribution in [-0.4, -0.2) is 21.8 Å². The molecule has 1 fully saturated rings. The molecule has 3 aliphatic rings. The molecule has 1 saturated heterocycles. The number of carbonyl (C=O) groups excluding carboxylic acids is 1. The molecule has 2 atom stereocenters. The van der Waals surface area contributed by atoms with E-state index in [9.17, 15) is 4.79 Å². The molecule has 0 aliphatic carbocycles. The van der Waals surface area contributed by atoms with Crippen LogP contribution < -0.4 is 10.1 Å². The highest BCUT2D eigenvalue weighted by molar-refractivity contribution is 9.10. The quantitative estimate of drug-likeness (QED) is 0.455. The molecule has 0 unspecified atom stereocenters. The minimum atomic E-state index is -1.18. The number of carbonyl (C=O) groups is 1. The van der Waals surface area contributed by atoms with E-state index in [-0.39, 0.29) is 11.3 Å². The number of amides is 1. The van der Waals surface area contributed by atoms with Gasteiger partial charge < -0.3 is 4.74 Å². The molecule has 0 saturated carbocycles. The summed E-state index contributed by atoms with van der Waals surface area (Å²) < 4.78 is 7.55. The topological polar surface area (TPSA) is 53.9 Å². The Morgan fingerprint density at radius 3 is 2.62 bits per heavy atom. The first-order valence-electron chi connectivity index (χ1n) is 10.3. The SMILES string of the molecule is O=C1N[C@]2(Oc3ccccc3[C@@H]3CC(c4ccccc4)=NN32)/C(=C/c2ccc(Br)cc2)S1. The molecule has 32 heavy (non-hydrogen) atoms. The molecule has 1 amide bonds. The van der Waals surface area contributed by atoms with Gasteiger partial charge in [0.2, 0.25) is 0 Å². The number of halogens is 1. The number of thioether (sulfide) groups is 1. The van der Waals surface area contributed by atoms with Crippen molar-refractivity contribution in [3.05, 3.63) is 105 Å². The van der Waals surface area contributed by atoms with Gasteiger partial charge in [0.15, 0.2) is 0 Å². The lowest BCUT2D eigenvalue weighted by Crippen LogP contribution is -2.61. The first kappa shape index (κ1) is 19.6.